The summed E-state index contributed by atoms with van der Waals surface area (Å²) in [5.74, 6) is -3.40. The smallest absolute Gasteiger partial charge is 0.281 e. The van der Waals surface area contributed by atoms with Crippen LogP contribution >= 0.6 is 0 Å². The van der Waals surface area contributed by atoms with Gasteiger partial charge < -0.3 is 0 Å². The van der Waals surface area contributed by atoms with Crippen LogP contribution in [0.2, 0.25) is 0 Å². The highest BCUT2D eigenvalue weighted by atomic mass is 32.2. The first-order valence-corrected chi connectivity index (χ1v) is 4.80. The summed E-state index contributed by atoms with van der Waals surface area (Å²) in [6, 6.07) is 0. The Balaban J connectivity index is 5.26. The number of alkyl halides is 5. The number of hydrogen-bond donors (Lipinski definition) is 1. The largest absolute Gasteiger partial charge is 0.398 e. The van der Waals surface area contributed by atoms with E-state index in [1.54, 1.807) is 0 Å². The molecule has 0 saturated heterocycles. The summed E-state index contributed by atoms with van der Waals surface area (Å²) in [6.07, 6.45) is -6.52. The minimum Gasteiger partial charge on any atom is -0.281 e. The van der Waals surface area contributed by atoms with E-state index < -0.39 is 33.9 Å². The molecule has 0 bridgehead atoms. The minimum atomic E-state index is -6.05. The summed E-state index contributed by atoms with van der Waals surface area (Å²) in [4.78, 5) is 0. The predicted octanol–water partition coefficient (Wildman–Crippen LogP) is 2.06. The van der Waals surface area contributed by atoms with Crippen molar-refractivity contribution in [3.8, 4) is 0 Å². The third-order valence-corrected chi connectivity index (χ3v) is 2.53. The highest BCUT2D eigenvalue weighted by Crippen LogP contribution is 2.42. The van der Waals surface area contributed by atoms with E-state index in [1.807, 2.05) is 0 Å². The number of hydrogen-bond acceptors (Lipinski definition) is 2. The molecule has 14 heavy (non-hydrogen) atoms. The summed E-state index contributed by atoms with van der Waals surface area (Å²) < 4.78 is 88.7. The lowest BCUT2D eigenvalue weighted by atomic mass is 10.1. The van der Waals surface area contributed by atoms with Crippen molar-refractivity contribution in [3.63, 3.8) is 0 Å². The normalized spacial score (nSPS) is 16.8. The zero-order chi connectivity index (χ0) is 11.8. The van der Waals surface area contributed by atoms with Crippen LogP contribution in [0.5, 0.6) is 0 Å². The van der Waals surface area contributed by atoms with E-state index in [2.05, 4.69) is 0 Å². The molecular formula is C5H7F5O3S. The van der Waals surface area contributed by atoms with Crippen LogP contribution in [-0.2, 0) is 10.1 Å². The maximum Gasteiger partial charge on any atom is 0.398 e. The van der Waals surface area contributed by atoms with Gasteiger partial charge in [-0.2, -0.15) is 30.4 Å². The van der Waals surface area contributed by atoms with Crippen LogP contribution < -0.4 is 0 Å². The maximum absolute atomic E-state index is 12.5. The molecule has 0 saturated carbocycles. The first kappa shape index (κ1) is 13.6. The second-order valence-corrected chi connectivity index (χ2v) is 4.03. The van der Waals surface area contributed by atoms with Gasteiger partial charge in [0.15, 0.2) is 0 Å². The van der Waals surface area contributed by atoms with Gasteiger partial charge >= 0.3 is 21.5 Å². The van der Waals surface area contributed by atoms with Crippen LogP contribution in [0.1, 0.15) is 13.3 Å². The van der Waals surface area contributed by atoms with Crippen LogP contribution in [0.4, 0.5) is 22.0 Å². The standard InChI is InChI=1S/C5H7F5O3S/c1-2-3(4(6,7)8)5(9,10)14(11,12)13/h3H,2H2,1H3,(H,11,12,13). The topological polar surface area (TPSA) is 54.4 Å². The zero-order valence-corrected chi connectivity index (χ0v) is 7.66. The predicted molar refractivity (Wildman–Crippen MR) is 36.3 cm³/mol. The van der Waals surface area contributed by atoms with Crippen LogP contribution in [0.25, 0.3) is 0 Å². The molecule has 0 spiro atoms. The van der Waals surface area contributed by atoms with E-state index in [0.29, 0.717) is 0 Å². The fourth-order valence-electron chi connectivity index (χ4n) is 0.839. The van der Waals surface area contributed by atoms with Gasteiger partial charge in [0.05, 0.1) is 0 Å². The molecular weight excluding hydrogens is 235 g/mol. The van der Waals surface area contributed by atoms with Crippen molar-refractivity contribution in [3.05, 3.63) is 0 Å². The minimum absolute atomic E-state index is 0.747. The molecule has 86 valence electrons. The van der Waals surface area contributed by atoms with Gasteiger partial charge in [-0.3, -0.25) is 4.55 Å². The number of halogens is 5. The molecule has 0 fully saturated rings. The summed E-state index contributed by atoms with van der Waals surface area (Å²) in [5, 5.41) is -5.21. The third-order valence-electron chi connectivity index (χ3n) is 1.55. The molecule has 0 radical (unpaired) electrons. The molecule has 0 aliphatic carbocycles. The Kier molecular flexibility index (Phi) is 3.50. The Morgan fingerprint density at radius 3 is 1.64 bits per heavy atom. The van der Waals surface area contributed by atoms with E-state index in [9.17, 15) is 30.4 Å². The molecule has 0 aliphatic heterocycles. The van der Waals surface area contributed by atoms with Crippen molar-refractivity contribution in [2.45, 2.75) is 24.8 Å². The lowest BCUT2D eigenvalue weighted by Crippen LogP contribution is -2.44. The first-order chi connectivity index (χ1) is 5.94. The average Bonchev–Trinajstić information content (AvgIpc) is 1.80. The van der Waals surface area contributed by atoms with Gasteiger partial charge in [-0.1, -0.05) is 6.92 Å². The van der Waals surface area contributed by atoms with Gasteiger partial charge in [0.25, 0.3) is 0 Å². The Morgan fingerprint density at radius 1 is 1.21 bits per heavy atom. The first-order valence-electron chi connectivity index (χ1n) is 3.36. The van der Waals surface area contributed by atoms with E-state index in [-0.39, 0.29) is 0 Å². The fourth-order valence-corrected chi connectivity index (χ4v) is 1.50. The summed E-state index contributed by atoms with van der Waals surface area (Å²) in [6.45, 7) is 0.747. The highest BCUT2D eigenvalue weighted by molar-refractivity contribution is 7.86. The fraction of sp³-hybridized carbons (Fsp3) is 1.00. The summed E-state index contributed by atoms with van der Waals surface area (Å²) in [5.41, 5.74) is 0. The third kappa shape index (κ3) is 2.53. The molecule has 0 aromatic carbocycles. The lowest BCUT2D eigenvalue weighted by Gasteiger charge is -2.24. The van der Waals surface area contributed by atoms with Gasteiger partial charge in [-0.05, 0) is 6.42 Å². The van der Waals surface area contributed by atoms with E-state index in [4.69, 9.17) is 4.55 Å². The Morgan fingerprint density at radius 2 is 1.57 bits per heavy atom. The van der Waals surface area contributed by atoms with Gasteiger partial charge in [-0.25, -0.2) is 0 Å². The Labute approximate surface area is 76.7 Å². The Bertz CT molecular complexity index is 293. The van der Waals surface area contributed by atoms with E-state index in [0.717, 1.165) is 6.92 Å². The molecule has 1 unspecified atom stereocenters. The van der Waals surface area contributed by atoms with Gasteiger partial charge in [0.1, 0.15) is 5.92 Å². The second-order valence-electron chi connectivity index (χ2n) is 2.54. The van der Waals surface area contributed by atoms with Gasteiger partial charge in [-0.15, -0.1) is 0 Å². The zero-order valence-electron chi connectivity index (χ0n) is 6.85. The van der Waals surface area contributed by atoms with Crippen LogP contribution in [-0.4, -0.2) is 24.4 Å². The molecule has 1 N–H and O–H groups in total. The molecule has 9 heteroatoms. The quantitative estimate of drug-likeness (QED) is 0.608. The molecule has 0 amide bonds. The second kappa shape index (κ2) is 3.61. The van der Waals surface area contributed by atoms with Crippen LogP contribution in [0.15, 0.2) is 0 Å². The molecule has 3 nitrogen and oxygen atoms in total. The van der Waals surface area contributed by atoms with E-state index >= 15 is 0 Å². The lowest BCUT2D eigenvalue weighted by molar-refractivity contribution is -0.219. The molecule has 0 heterocycles. The van der Waals surface area contributed by atoms with Gasteiger partial charge in [0, 0.05) is 0 Å². The maximum atomic E-state index is 12.5. The highest BCUT2D eigenvalue weighted by Gasteiger charge is 2.61. The average molecular weight is 242 g/mol. The van der Waals surface area contributed by atoms with E-state index in [1.165, 1.54) is 0 Å². The van der Waals surface area contributed by atoms with Crippen molar-refractivity contribution < 1.29 is 34.9 Å². The van der Waals surface area contributed by atoms with Crippen LogP contribution in [0, 0.1) is 5.92 Å². The van der Waals surface area contributed by atoms with Crippen molar-refractivity contribution in [1.82, 2.24) is 0 Å². The molecule has 0 aliphatic rings. The van der Waals surface area contributed by atoms with Crippen molar-refractivity contribution in [2.75, 3.05) is 0 Å². The van der Waals surface area contributed by atoms with Crippen LogP contribution in [0.3, 0.4) is 0 Å². The van der Waals surface area contributed by atoms with Crippen molar-refractivity contribution >= 4 is 10.1 Å². The Hall–Kier alpha value is -0.440. The van der Waals surface area contributed by atoms with Gasteiger partial charge in [0.2, 0.25) is 0 Å². The monoisotopic (exact) mass is 242 g/mol. The summed E-state index contributed by atoms with van der Waals surface area (Å²) in [7, 11) is -6.05. The summed E-state index contributed by atoms with van der Waals surface area (Å²) >= 11 is 0. The molecule has 0 rings (SSSR count). The number of rotatable bonds is 3. The molecule has 1 atom stereocenters. The van der Waals surface area contributed by atoms with Crippen molar-refractivity contribution in [1.29, 1.82) is 0 Å². The molecule has 0 aromatic rings. The van der Waals surface area contributed by atoms with Crippen molar-refractivity contribution in [2.24, 2.45) is 5.92 Å². The SMILES string of the molecule is CCC(C(F)(F)F)C(F)(F)S(=O)(=O)O. The molecule has 0 aromatic heterocycles.